The smallest absolute Gasteiger partial charge is 0.191 e. The molecule has 1 aliphatic heterocycles. The zero-order valence-electron chi connectivity index (χ0n) is 13.3. The molecule has 1 heterocycles. The van der Waals surface area contributed by atoms with E-state index in [0.29, 0.717) is 0 Å². The average molecular weight is 435 g/mol. The maximum Gasteiger partial charge on any atom is 0.191 e. The average Bonchev–Trinajstić information content (AvgIpc) is 3.04. The van der Waals surface area contributed by atoms with E-state index in [-0.39, 0.29) is 24.0 Å². The van der Waals surface area contributed by atoms with Crippen molar-refractivity contribution in [1.29, 1.82) is 0 Å². The van der Waals surface area contributed by atoms with E-state index in [9.17, 15) is 0 Å². The van der Waals surface area contributed by atoms with Gasteiger partial charge in [-0.2, -0.15) is 11.8 Å². The molecule has 0 aliphatic carbocycles. The van der Waals surface area contributed by atoms with Gasteiger partial charge in [-0.25, -0.2) is 0 Å². The number of methoxy groups -OCH3 is 1. The fraction of sp³-hybridized carbons (Fsp3) is 0.562. The molecule has 1 saturated heterocycles. The normalized spacial score (nSPS) is 17.7. The topological polar surface area (TPSA) is 45.7 Å². The van der Waals surface area contributed by atoms with Crippen molar-refractivity contribution in [3.63, 3.8) is 0 Å². The van der Waals surface area contributed by atoms with Gasteiger partial charge >= 0.3 is 0 Å². The van der Waals surface area contributed by atoms with Crippen molar-refractivity contribution in [2.24, 2.45) is 4.99 Å². The van der Waals surface area contributed by atoms with Crippen molar-refractivity contribution in [2.75, 3.05) is 33.0 Å². The summed E-state index contributed by atoms with van der Waals surface area (Å²) < 4.78 is 5.24. The highest BCUT2D eigenvalue weighted by atomic mass is 127. The summed E-state index contributed by atoms with van der Waals surface area (Å²) in [6, 6.07) is 8.19. The lowest BCUT2D eigenvalue weighted by atomic mass is 10.1. The van der Waals surface area contributed by atoms with E-state index < -0.39 is 0 Å². The van der Waals surface area contributed by atoms with Gasteiger partial charge in [0.05, 0.1) is 7.11 Å². The third-order valence-corrected chi connectivity index (χ3v) is 4.98. The summed E-state index contributed by atoms with van der Waals surface area (Å²) in [5.41, 5.74) is 1.27. The fourth-order valence-corrected chi connectivity index (χ4v) is 3.59. The Labute approximate surface area is 154 Å². The Morgan fingerprint density at radius 1 is 1.41 bits per heavy atom. The molecular formula is C16H26IN3OS. The Bertz CT molecular complexity index is 464. The predicted molar refractivity (Wildman–Crippen MR) is 107 cm³/mol. The Hall–Kier alpha value is -0.630. The summed E-state index contributed by atoms with van der Waals surface area (Å²) in [7, 11) is 3.52. The van der Waals surface area contributed by atoms with Crippen molar-refractivity contribution < 1.29 is 4.74 Å². The van der Waals surface area contributed by atoms with Gasteiger partial charge < -0.3 is 15.4 Å². The monoisotopic (exact) mass is 435 g/mol. The minimum atomic E-state index is 0. The van der Waals surface area contributed by atoms with Gasteiger partial charge in [0.1, 0.15) is 5.75 Å². The molecule has 1 unspecified atom stereocenters. The molecule has 1 aromatic carbocycles. The Morgan fingerprint density at radius 3 is 2.95 bits per heavy atom. The van der Waals surface area contributed by atoms with Crippen molar-refractivity contribution in [3.8, 4) is 5.75 Å². The van der Waals surface area contributed by atoms with Crippen LogP contribution in [0.15, 0.2) is 29.3 Å². The first kappa shape index (κ1) is 19.4. The van der Waals surface area contributed by atoms with E-state index in [4.69, 9.17) is 4.74 Å². The zero-order chi connectivity index (χ0) is 14.9. The number of hydrogen-bond donors (Lipinski definition) is 2. The summed E-state index contributed by atoms with van der Waals surface area (Å²) in [6.45, 7) is 1.87. The lowest BCUT2D eigenvalue weighted by molar-refractivity contribution is 0.414. The summed E-state index contributed by atoms with van der Waals surface area (Å²) in [5.74, 6) is 3.10. The molecule has 0 aromatic heterocycles. The molecule has 0 amide bonds. The van der Waals surface area contributed by atoms with Gasteiger partial charge in [0.2, 0.25) is 0 Å². The van der Waals surface area contributed by atoms with Crippen LogP contribution in [0.3, 0.4) is 0 Å². The highest BCUT2D eigenvalue weighted by Gasteiger charge is 2.15. The maximum absolute atomic E-state index is 5.24. The fourth-order valence-electron chi connectivity index (χ4n) is 2.39. The second-order valence-corrected chi connectivity index (χ2v) is 6.52. The van der Waals surface area contributed by atoms with Crippen LogP contribution in [0, 0.1) is 0 Å². The van der Waals surface area contributed by atoms with E-state index >= 15 is 0 Å². The van der Waals surface area contributed by atoms with Gasteiger partial charge in [0.25, 0.3) is 0 Å². The summed E-state index contributed by atoms with van der Waals surface area (Å²) in [4.78, 5) is 4.27. The third kappa shape index (κ3) is 6.64. The van der Waals surface area contributed by atoms with Crippen LogP contribution >= 0.6 is 35.7 Å². The van der Waals surface area contributed by atoms with Crippen molar-refractivity contribution >= 4 is 41.7 Å². The van der Waals surface area contributed by atoms with Gasteiger partial charge in [-0.05, 0) is 42.7 Å². The van der Waals surface area contributed by atoms with Gasteiger partial charge in [-0.15, -0.1) is 24.0 Å². The summed E-state index contributed by atoms with van der Waals surface area (Å²) >= 11 is 2.06. The van der Waals surface area contributed by atoms with Gasteiger partial charge in [-0.1, -0.05) is 12.1 Å². The molecule has 0 radical (unpaired) electrons. The number of rotatable bonds is 6. The van der Waals surface area contributed by atoms with Gasteiger partial charge in [0, 0.05) is 25.4 Å². The first-order valence-electron chi connectivity index (χ1n) is 7.51. The lowest BCUT2D eigenvalue weighted by Gasteiger charge is -2.14. The summed E-state index contributed by atoms with van der Waals surface area (Å²) in [5, 5.41) is 7.52. The highest BCUT2D eigenvalue weighted by molar-refractivity contribution is 14.0. The van der Waals surface area contributed by atoms with E-state index in [1.54, 1.807) is 7.11 Å². The first-order chi connectivity index (χ1) is 10.3. The van der Waals surface area contributed by atoms with Crippen LogP contribution in [-0.2, 0) is 6.42 Å². The number of benzene rings is 1. The number of halogens is 1. The third-order valence-electron chi connectivity index (χ3n) is 3.59. The molecule has 2 rings (SSSR count). The second-order valence-electron chi connectivity index (χ2n) is 5.12. The number of aliphatic imine (C=N–C) groups is 1. The van der Waals surface area contributed by atoms with Crippen molar-refractivity contribution in [1.82, 2.24) is 10.6 Å². The number of thioether (sulfide) groups is 1. The molecule has 1 aliphatic rings. The SMILES string of the molecule is CN=C(NCCc1cccc(OC)c1)NCC1CCCS1.I. The van der Waals surface area contributed by atoms with Crippen LogP contribution < -0.4 is 15.4 Å². The van der Waals surface area contributed by atoms with E-state index in [1.807, 2.05) is 19.2 Å². The van der Waals surface area contributed by atoms with E-state index in [2.05, 4.69) is 39.5 Å². The molecule has 1 fully saturated rings. The molecule has 0 saturated carbocycles. The van der Waals surface area contributed by atoms with Gasteiger partial charge in [-0.3, -0.25) is 4.99 Å². The Morgan fingerprint density at radius 2 is 2.27 bits per heavy atom. The molecule has 2 N–H and O–H groups in total. The second kappa shape index (κ2) is 11.0. The first-order valence-corrected chi connectivity index (χ1v) is 8.55. The zero-order valence-corrected chi connectivity index (χ0v) is 16.4. The molecule has 124 valence electrons. The van der Waals surface area contributed by atoms with Crippen LogP contribution in [0.25, 0.3) is 0 Å². The largest absolute Gasteiger partial charge is 0.497 e. The Kier molecular flexibility index (Phi) is 9.70. The standard InChI is InChI=1S/C16H25N3OS.HI/c1-17-16(19-12-15-7-4-10-21-15)18-9-8-13-5-3-6-14(11-13)20-2;/h3,5-6,11,15H,4,7-10,12H2,1-2H3,(H2,17,18,19);1H. The quantitative estimate of drug-likeness (QED) is 0.410. The lowest BCUT2D eigenvalue weighted by Crippen LogP contribution is -2.40. The maximum atomic E-state index is 5.24. The van der Waals surface area contributed by atoms with Crippen LogP contribution in [-0.4, -0.2) is 44.2 Å². The minimum Gasteiger partial charge on any atom is -0.497 e. The van der Waals surface area contributed by atoms with Crippen LogP contribution in [0.5, 0.6) is 5.75 Å². The molecule has 4 nitrogen and oxygen atoms in total. The number of ether oxygens (including phenoxy) is 1. The Balaban J connectivity index is 0.00000242. The van der Waals surface area contributed by atoms with Crippen LogP contribution in [0.2, 0.25) is 0 Å². The molecule has 1 aromatic rings. The minimum absolute atomic E-state index is 0. The number of nitrogens with one attached hydrogen (secondary N) is 2. The molecule has 0 spiro atoms. The molecule has 1 atom stereocenters. The molecule has 0 bridgehead atoms. The number of guanidine groups is 1. The number of hydrogen-bond acceptors (Lipinski definition) is 3. The summed E-state index contributed by atoms with van der Waals surface area (Å²) in [6.07, 6.45) is 3.62. The molecular weight excluding hydrogens is 409 g/mol. The molecule has 22 heavy (non-hydrogen) atoms. The van der Waals surface area contributed by atoms with E-state index in [1.165, 1.54) is 24.2 Å². The van der Waals surface area contributed by atoms with Gasteiger partial charge in [0.15, 0.2) is 5.96 Å². The van der Waals surface area contributed by atoms with Crippen molar-refractivity contribution in [2.45, 2.75) is 24.5 Å². The number of nitrogens with zero attached hydrogens (tertiary/aromatic N) is 1. The van der Waals surface area contributed by atoms with E-state index in [0.717, 1.165) is 36.5 Å². The molecule has 6 heteroatoms. The van der Waals surface area contributed by atoms with Crippen molar-refractivity contribution in [3.05, 3.63) is 29.8 Å². The van der Waals surface area contributed by atoms with Crippen LogP contribution in [0.4, 0.5) is 0 Å². The highest BCUT2D eigenvalue weighted by Crippen LogP contribution is 2.25. The predicted octanol–water partition coefficient (Wildman–Crippen LogP) is 2.92. The van der Waals surface area contributed by atoms with Crippen LogP contribution in [0.1, 0.15) is 18.4 Å².